The molecule has 2 aliphatic heterocycles. The Labute approximate surface area is 188 Å². The van der Waals surface area contributed by atoms with Crippen LogP contribution in [0.4, 0.5) is 0 Å². The number of β-amino-alcohol motifs (C(OH)–C–C–N with tert-alkyl or cyclic N) is 1. The highest BCUT2D eigenvalue weighted by Crippen LogP contribution is 2.26. The Kier molecular flexibility index (Phi) is 7.25. The summed E-state index contributed by atoms with van der Waals surface area (Å²) in [6.45, 7) is 6.64. The zero-order chi connectivity index (χ0) is 23.3. The fourth-order valence-corrected chi connectivity index (χ4v) is 3.92. The number of carbonyl (C=O) groups excluding carboxylic acids is 2. The van der Waals surface area contributed by atoms with E-state index >= 15 is 0 Å². The van der Waals surface area contributed by atoms with Gasteiger partial charge in [0.25, 0.3) is 5.91 Å². The zero-order valence-corrected chi connectivity index (χ0v) is 18.7. The molecule has 0 spiro atoms. The van der Waals surface area contributed by atoms with Crippen molar-refractivity contribution in [3.8, 4) is 0 Å². The number of aliphatic hydroxyl groups is 1. The minimum absolute atomic E-state index is 0.0407. The van der Waals surface area contributed by atoms with Gasteiger partial charge in [0.05, 0.1) is 24.2 Å². The largest absolute Gasteiger partial charge is 0.388 e. The number of nitrogens with one attached hydrogen (secondary N) is 2. The Balaban J connectivity index is 1.68. The molecule has 0 radical (unpaired) electrons. The third-order valence-electron chi connectivity index (χ3n) is 5.86. The fraction of sp³-hybridized carbons (Fsp3) is 0.417. The van der Waals surface area contributed by atoms with Gasteiger partial charge in [0, 0.05) is 26.6 Å². The molecule has 1 aromatic rings. The maximum absolute atomic E-state index is 12.9. The van der Waals surface area contributed by atoms with E-state index in [2.05, 4.69) is 16.9 Å². The topological polar surface area (TPSA) is 109 Å². The molecule has 1 aromatic carbocycles. The van der Waals surface area contributed by atoms with Gasteiger partial charge in [-0.05, 0) is 31.7 Å². The lowest BCUT2D eigenvalue weighted by molar-refractivity contribution is -0.137. The van der Waals surface area contributed by atoms with Crippen molar-refractivity contribution in [3.63, 3.8) is 0 Å². The molecule has 1 fully saturated rings. The number of amides is 2. The third-order valence-corrected chi connectivity index (χ3v) is 5.86. The zero-order valence-electron chi connectivity index (χ0n) is 18.7. The summed E-state index contributed by atoms with van der Waals surface area (Å²) in [4.78, 5) is 32.6. The molecule has 0 bridgehead atoms. The van der Waals surface area contributed by atoms with E-state index in [0.29, 0.717) is 44.5 Å². The van der Waals surface area contributed by atoms with Crippen molar-refractivity contribution in [2.24, 2.45) is 4.99 Å². The smallest absolute Gasteiger partial charge is 0.279 e. The highest BCUT2D eigenvalue weighted by atomic mass is 16.3. The van der Waals surface area contributed by atoms with Gasteiger partial charge in [-0.1, -0.05) is 35.9 Å². The summed E-state index contributed by atoms with van der Waals surface area (Å²) in [5, 5.41) is 22.5. The standard InChI is InChI=1S/C24H31N5O3/c1-17(2)9-10-19(30)28-13-11-24(32,12-14-28)15-29-16-27-22(20(25)23(29)31)21(26-3)18-7-5-4-6-8-18/h4-8,16,25-26,32H,1,9-15H2,2-3H3/b22-21+,25-20?. The first-order valence-electron chi connectivity index (χ1n) is 10.8. The van der Waals surface area contributed by atoms with E-state index in [1.807, 2.05) is 37.3 Å². The summed E-state index contributed by atoms with van der Waals surface area (Å²) < 4.78 is 0. The van der Waals surface area contributed by atoms with E-state index in [4.69, 9.17) is 5.41 Å². The molecule has 0 atom stereocenters. The Bertz CT molecular complexity index is 959. The van der Waals surface area contributed by atoms with Crippen LogP contribution in [-0.2, 0) is 9.59 Å². The van der Waals surface area contributed by atoms with Crippen LogP contribution in [0, 0.1) is 5.41 Å². The van der Waals surface area contributed by atoms with Crippen LogP contribution >= 0.6 is 0 Å². The Morgan fingerprint density at radius 2 is 1.91 bits per heavy atom. The summed E-state index contributed by atoms with van der Waals surface area (Å²) in [5.41, 5.74) is 1.32. The predicted octanol–water partition coefficient (Wildman–Crippen LogP) is 2.17. The summed E-state index contributed by atoms with van der Waals surface area (Å²) in [6.07, 6.45) is 3.20. The molecule has 8 heteroatoms. The van der Waals surface area contributed by atoms with Crippen LogP contribution in [0.2, 0.25) is 0 Å². The van der Waals surface area contributed by atoms with Crippen LogP contribution in [0.15, 0.2) is 53.2 Å². The monoisotopic (exact) mass is 437 g/mol. The van der Waals surface area contributed by atoms with Gasteiger partial charge >= 0.3 is 0 Å². The van der Waals surface area contributed by atoms with Crippen molar-refractivity contribution >= 4 is 29.6 Å². The first-order chi connectivity index (χ1) is 15.2. The summed E-state index contributed by atoms with van der Waals surface area (Å²) in [5.74, 6) is -0.449. The molecule has 1 saturated heterocycles. The number of rotatable bonds is 7. The maximum atomic E-state index is 12.9. The molecular formula is C24H31N5O3. The minimum Gasteiger partial charge on any atom is -0.388 e. The van der Waals surface area contributed by atoms with Crippen LogP contribution in [0.1, 0.15) is 38.2 Å². The lowest BCUT2D eigenvalue weighted by Gasteiger charge is -2.40. The van der Waals surface area contributed by atoms with Crippen LogP contribution in [0.3, 0.4) is 0 Å². The number of allylic oxidation sites excluding steroid dienone is 1. The highest BCUT2D eigenvalue weighted by molar-refractivity contribution is 6.47. The summed E-state index contributed by atoms with van der Waals surface area (Å²) >= 11 is 0. The van der Waals surface area contributed by atoms with Crippen LogP contribution < -0.4 is 5.32 Å². The van der Waals surface area contributed by atoms with Gasteiger partial charge in [0.1, 0.15) is 11.4 Å². The molecule has 2 heterocycles. The molecule has 0 unspecified atom stereocenters. The van der Waals surface area contributed by atoms with Gasteiger partial charge in [-0.15, -0.1) is 6.58 Å². The van der Waals surface area contributed by atoms with E-state index in [9.17, 15) is 14.7 Å². The number of aliphatic imine (C=N–C) groups is 1. The number of nitrogens with zero attached hydrogens (tertiary/aromatic N) is 3. The van der Waals surface area contributed by atoms with Crippen molar-refractivity contribution < 1.29 is 14.7 Å². The highest BCUT2D eigenvalue weighted by Gasteiger charge is 2.38. The number of likely N-dealkylation sites (tertiary alicyclic amines) is 1. The van der Waals surface area contributed by atoms with Crippen molar-refractivity contribution in [1.29, 1.82) is 5.41 Å². The Morgan fingerprint density at radius 1 is 1.25 bits per heavy atom. The third kappa shape index (κ3) is 5.31. The maximum Gasteiger partial charge on any atom is 0.279 e. The molecule has 32 heavy (non-hydrogen) atoms. The summed E-state index contributed by atoms with van der Waals surface area (Å²) in [7, 11) is 1.73. The number of hydrogen-bond acceptors (Lipinski definition) is 6. The Hall–Kier alpha value is -3.26. The number of piperidine rings is 1. The van der Waals surface area contributed by atoms with Gasteiger partial charge in [0.15, 0.2) is 0 Å². The molecule has 8 nitrogen and oxygen atoms in total. The van der Waals surface area contributed by atoms with Gasteiger partial charge < -0.3 is 15.3 Å². The lowest BCUT2D eigenvalue weighted by atomic mass is 9.90. The van der Waals surface area contributed by atoms with Crippen LogP contribution in [-0.4, -0.2) is 71.1 Å². The van der Waals surface area contributed by atoms with Crippen LogP contribution in [0.5, 0.6) is 0 Å². The molecule has 170 valence electrons. The molecule has 0 aromatic heterocycles. The molecule has 0 aliphatic carbocycles. The molecule has 3 rings (SSSR count). The van der Waals surface area contributed by atoms with Crippen LogP contribution in [0.25, 0.3) is 5.70 Å². The molecule has 0 saturated carbocycles. The van der Waals surface area contributed by atoms with Crippen molar-refractivity contribution in [1.82, 2.24) is 15.1 Å². The van der Waals surface area contributed by atoms with E-state index in [-0.39, 0.29) is 23.9 Å². The fourth-order valence-electron chi connectivity index (χ4n) is 3.92. The Morgan fingerprint density at radius 3 is 2.50 bits per heavy atom. The average molecular weight is 438 g/mol. The quantitative estimate of drug-likeness (QED) is 0.568. The van der Waals surface area contributed by atoms with Gasteiger partial charge in [0.2, 0.25) is 5.91 Å². The van der Waals surface area contributed by atoms with Gasteiger partial charge in [-0.3, -0.25) is 19.9 Å². The number of hydrogen-bond donors (Lipinski definition) is 3. The second-order valence-electron chi connectivity index (χ2n) is 8.45. The number of carbonyl (C=O) groups is 2. The molecule has 2 amide bonds. The van der Waals surface area contributed by atoms with E-state index in [1.54, 1.807) is 11.9 Å². The molecular weight excluding hydrogens is 406 g/mol. The van der Waals surface area contributed by atoms with E-state index < -0.39 is 11.5 Å². The second-order valence-corrected chi connectivity index (χ2v) is 8.45. The SMILES string of the molecule is C=C(C)CCC(=O)N1CCC(O)(CN2C=N/C(=C(/NC)c3ccccc3)C(=N)C2=O)CC1. The molecule has 3 N–H and O–H groups in total. The van der Waals surface area contributed by atoms with Crippen molar-refractivity contribution in [2.45, 2.75) is 38.2 Å². The first-order valence-corrected chi connectivity index (χ1v) is 10.8. The second kappa shape index (κ2) is 9.91. The molecule has 2 aliphatic rings. The van der Waals surface area contributed by atoms with Crippen molar-refractivity contribution in [2.75, 3.05) is 26.7 Å². The average Bonchev–Trinajstić information content (AvgIpc) is 2.78. The van der Waals surface area contributed by atoms with Gasteiger partial charge in [-0.2, -0.15) is 0 Å². The number of benzene rings is 1. The summed E-state index contributed by atoms with van der Waals surface area (Å²) in [6, 6.07) is 9.41. The first kappa shape index (κ1) is 23.4. The van der Waals surface area contributed by atoms with Crippen molar-refractivity contribution in [3.05, 3.63) is 53.7 Å². The van der Waals surface area contributed by atoms with Gasteiger partial charge in [-0.25, -0.2) is 4.99 Å². The van der Waals surface area contributed by atoms with E-state index in [1.165, 1.54) is 11.2 Å². The minimum atomic E-state index is -1.13. The van der Waals surface area contributed by atoms with E-state index in [0.717, 1.165) is 11.1 Å². The normalized spacial score (nSPS) is 19.7. The lowest BCUT2D eigenvalue weighted by Crippen LogP contribution is -2.54. The predicted molar refractivity (Wildman–Crippen MR) is 125 cm³/mol.